The Morgan fingerprint density at radius 2 is 1.65 bits per heavy atom. The van der Waals surface area contributed by atoms with E-state index in [2.05, 4.69) is 5.32 Å². The van der Waals surface area contributed by atoms with Crippen LogP contribution in [0, 0.1) is 0 Å². The summed E-state index contributed by atoms with van der Waals surface area (Å²) in [6.45, 7) is 3.30. The number of nitrogens with one attached hydrogen (secondary N) is 1. The molecule has 0 bridgehead atoms. The molecule has 1 atom stereocenters. The molecule has 0 aromatic heterocycles. The molecule has 0 aliphatic carbocycles. The summed E-state index contributed by atoms with van der Waals surface area (Å²) < 4.78 is 68.3. The lowest BCUT2D eigenvalue weighted by Gasteiger charge is -2.35. The molecule has 1 aliphatic rings. The van der Waals surface area contributed by atoms with E-state index in [0.29, 0.717) is 30.9 Å². The van der Waals surface area contributed by atoms with Crippen LogP contribution < -0.4 is 10.2 Å². The Kier molecular flexibility index (Phi) is 7.89. The Morgan fingerprint density at radius 1 is 1.00 bits per heavy atom. The molecule has 1 N–H and O–H groups in total. The number of nitrogens with zero attached hydrogens (tertiary/aromatic N) is 1. The molecule has 3 aromatic rings. The smallest absolute Gasteiger partial charge is 0.370 e. The van der Waals surface area contributed by atoms with Gasteiger partial charge in [0.15, 0.2) is 9.84 Å². The summed E-state index contributed by atoms with van der Waals surface area (Å²) >= 11 is 0. The van der Waals surface area contributed by atoms with Crippen LogP contribution in [0.3, 0.4) is 0 Å². The summed E-state index contributed by atoms with van der Waals surface area (Å²) in [5.74, 6) is -0.245. The lowest BCUT2D eigenvalue weighted by atomic mass is 10.0. The Labute approximate surface area is 214 Å². The highest BCUT2D eigenvalue weighted by atomic mass is 32.2. The largest absolute Gasteiger partial charge is 0.416 e. The number of sulfone groups is 1. The van der Waals surface area contributed by atoms with Crippen LogP contribution in [0.5, 0.6) is 0 Å². The van der Waals surface area contributed by atoms with Crippen molar-refractivity contribution in [3.63, 3.8) is 0 Å². The fourth-order valence-electron chi connectivity index (χ4n) is 4.06. The minimum Gasteiger partial charge on any atom is -0.370 e. The van der Waals surface area contributed by atoms with Crippen LogP contribution in [0.4, 0.5) is 18.9 Å². The summed E-state index contributed by atoms with van der Waals surface area (Å²) in [6.07, 6.45) is -4.66. The summed E-state index contributed by atoms with van der Waals surface area (Å²) in [7, 11) is -3.27. The molecule has 10 heteroatoms. The number of hydrogen-bond acceptors (Lipinski definition) is 5. The van der Waals surface area contributed by atoms with E-state index in [1.165, 1.54) is 24.3 Å². The normalized spacial score (nSPS) is 16.4. The Bertz CT molecular complexity index is 1320. The number of morpholine rings is 1. The van der Waals surface area contributed by atoms with Crippen molar-refractivity contribution >= 4 is 21.4 Å². The predicted octanol–water partition coefficient (Wildman–Crippen LogP) is 5.01. The van der Waals surface area contributed by atoms with Crippen LogP contribution in [0.15, 0.2) is 77.7 Å². The lowest BCUT2D eigenvalue weighted by Crippen LogP contribution is -2.38. The van der Waals surface area contributed by atoms with E-state index >= 15 is 0 Å². The molecular formula is C27H27F3N2O4S. The molecule has 1 heterocycles. The molecule has 37 heavy (non-hydrogen) atoms. The van der Waals surface area contributed by atoms with Gasteiger partial charge < -0.3 is 15.0 Å². The molecular weight excluding hydrogens is 505 g/mol. The SMILES string of the molecule is CCS(=O)(=O)c1ccc(CNC(=O)c2ccc(C3CN(c4ccc(C(F)(F)F)cc4)CCO3)cc2)cc1. The number of alkyl halides is 3. The maximum Gasteiger partial charge on any atom is 0.416 e. The Balaban J connectivity index is 1.34. The van der Waals surface area contributed by atoms with Crippen molar-refractivity contribution in [2.24, 2.45) is 0 Å². The number of hydrogen-bond donors (Lipinski definition) is 1. The van der Waals surface area contributed by atoms with E-state index in [9.17, 15) is 26.4 Å². The van der Waals surface area contributed by atoms with E-state index in [0.717, 1.165) is 23.3 Å². The first-order chi connectivity index (χ1) is 17.6. The highest BCUT2D eigenvalue weighted by Crippen LogP contribution is 2.32. The number of amides is 1. The average Bonchev–Trinajstić information content (AvgIpc) is 2.91. The third kappa shape index (κ3) is 6.50. The van der Waals surface area contributed by atoms with Gasteiger partial charge in [-0.15, -0.1) is 0 Å². The fourth-order valence-corrected chi connectivity index (χ4v) is 4.95. The highest BCUT2D eigenvalue weighted by molar-refractivity contribution is 7.91. The van der Waals surface area contributed by atoms with Gasteiger partial charge in [0.25, 0.3) is 5.91 Å². The second-order valence-electron chi connectivity index (χ2n) is 8.70. The fraction of sp³-hybridized carbons (Fsp3) is 0.296. The van der Waals surface area contributed by atoms with E-state index < -0.39 is 21.6 Å². The molecule has 0 spiro atoms. The van der Waals surface area contributed by atoms with Crippen LogP contribution in [-0.4, -0.2) is 39.8 Å². The topological polar surface area (TPSA) is 75.7 Å². The van der Waals surface area contributed by atoms with Gasteiger partial charge in [0.05, 0.1) is 22.8 Å². The predicted molar refractivity (Wildman–Crippen MR) is 134 cm³/mol. The third-order valence-electron chi connectivity index (χ3n) is 6.29. The van der Waals surface area contributed by atoms with Crippen LogP contribution in [0.25, 0.3) is 0 Å². The summed E-state index contributed by atoms with van der Waals surface area (Å²) in [6, 6.07) is 18.5. The first-order valence-electron chi connectivity index (χ1n) is 11.8. The number of benzene rings is 3. The van der Waals surface area contributed by atoms with Crippen molar-refractivity contribution in [1.29, 1.82) is 0 Å². The van der Waals surface area contributed by atoms with Gasteiger partial charge in [0.2, 0.25) is 0 Å². The molecule has 1 amide bonds. The first kappa shape index (κ1) is 26.7. The highest BCUT2D eigenvalue weighted by Gasteiger charge is 2.30. The van der Waals surface area contributed by atoms with Gasteiger partial charge in [-0.3, -0.25) is 4.79 Å². The van der Waals surface area contributed by atoms with Crippen LogP contribution >= 0.6 is 0 Å². The number of rotatable bonds is 7. The maximum atomic E-state index is 12.9. The van der Waals surface area contributed by atoms with Gasteiger partial charge >= 0.3 is 6.18 Å². The van der Waals surface area contributed by atoms with Gasteiger partial charge in [-0.1, -0.05) is 31.2 Å². The number of anilines is 1. The van der Waals surface area contributed by atoms with Crippen LogP contribution in [-0.2, 0) is 27.3 Å². The lowest BCUT2D eigenvalue weighted by molar-refractivity contribution is -0.137. The monoisotopic (exact) mass is 532 g/mol. The quantitative estimate of drug-likeness (QED) is 0.463. The van der Waals surface area contributed by atoms with E-state index in [-0.39, 0.29) is 29.2 Å². The molecule has 1 unspecified atom stereocenters. The average molecular weight is 533 g/mol. The molecule has 1 fully saturated rings. The minimum absolute atomic E-state index is 0.0259. The molecule has 4 rings (SSSR count). The van der Waals surface area contributed by atoms with Crippen molar-refractivity contribution in [2.45, 2.75) is 30.6 Å². The van der Waals surface area contributed by atoms with Crippen molar-refractivity contribution in [2.75, 3.05) is 30.3 Å². The van der Waals surface area contributed by atoms with Crippen LogP contribution in [0.2, 0.25) is 0 Å². The van der Waals surface area contributed by atoms with Gasteiger partial charge in [0.1, 0.15) is 6.10 Å². The Morgan fingerprint density at radius 3 is 2.24 bits per heavy atom. The molecule has 0 saturated carbocycles. The molecule has 1 saturated heterocycles. The van der Waals surface area contributed by atoms with Gasteiger partial charge in [0, 0.05) is 30.9 Å². The maximum absolute atomic E-state index is 12.9. The van der Waals surface area contributed by atoms with Gasteiger partial charge in [-0.05, 0) is 59.7 Å². The zero-order valence-electron chi connectivity index (χ0n) is 20.2. The minimum atomic E-state index is -4.37. The number of carbonyl (C=O) groups is 1. The summed E-state index contributed by atoms with van der Waals surface area (Å²) in [5, 5.41) is 2.82. The number of carbonyl (C=O) groups excluding carboxylic acids is 1. The molecule has 0 radical (unpaired) electrons. The zero-order chi connectivity index (χ0) is 26.6. The van der Waals surface area contributed by atoms with E-state index in [4.69, 9.17) is 4.74 Å². The van der Waals surface area contributed by atoms with Crippen molar-refractivity contribution in [3.05, 3.63) is 95.1 Å². The van der Waals surface area contributed by atoms with Crippen molar-refractivity contribution < 1.29 is 31.1 Å². The summed E-state index contributed by atoms with van der Waals surface area (Å²) in [5.41, 5.74) is 2.11. The van der Waals surface area contributed by atoms with Crippen molar-refractivity contribution in [1.82, 2.24) is 5.32 Å². The molecule has 3 aromatic carbocycles. The third-order valence-corrected chi connectivity index (χ3v) is 8.04. The van der Waals surface area contributed by atoms with Crippen molar-refractivity contribution in [3.8, 4) is 0 Å². The second kappa shape index (κ2) is 10.9. The zero-order valence-corrected chi connectivity index (χ0v) is 21.0. The van der Waals surface area contributed by atoms with E-state index in [1.54, 1.807) is 43.3 Å². The Hall–Kier alpha value is -3.37. The first-order valence-corrected chi connectivity index (χ1v) is 13.5. The van der Waals surface area contributed by atoms with Gasteiger partial charge in [-0.25, -0.2) is 8.42 Å². The second-order valence-corrected chi connectivity index (χ2v) is 11.0. The molecule has 196 valence electrons. The summed E-state index contributed by atoms with van der Waals surface area (Å²) in [4.78, 5) is 14.8. The van der Waals surface area contributed by atoms with Crippen LogP contribution in [0.1, 0.15) is 40.1 Å². The molecule has 1 aliphatic heterocycles. The number of ether oxygens (including phenoxy) is 1. The standard InChI is InChI=1S/C27H27F3N2O4S/c1-2-37(34,35)24-13-3-19(4-14-24)17-31-26(33)21-7-5-20(6-8-21)25-18-32(15-16-36-25)23-11-9-22(10-12-23)27(28,29)30/h3-14,25H,2,15-18H2,1H3,(H,31,33). The van der Waals surface area contributed by atoms with Gasteiger partial charge in [-0.2, -0.15) is 13.2 Å². The molecule has 6 nitrogen and oxygen atoms in total. The van der Waals surface area contributed by atoms with E-state index in [1.807, 2.05) is 4.90 Å². The number of halogens is 3.